The van der Waals surface area contributed by atoms with E-state index in [9.17, 15) is 4.79 Å². The summed E-state index contributed by atoms with van der Waals surface area (Å²) < 4.78 is 17.7. The van der Waals surface area contributed by atoms with Gasteiger partial charge >= 0.3 is 13.2 Å². The Morgan fingerprint density at radius 2 is 1.63 bits per heavy atom. The van der Waals surface area contributed by atoms with Gasteiger partial charge in [-0.05, 0) is 56.4 Å². The highest BCUT2D eigenvalue weighted by molar-refractivity contribution is 6.56. The van der Waals surface area contributed by atoms with E-state index in [1.165, 1.54) is 0 Å². The van der Waals surface area contributed by atoms with E-state index in [1.54, 1.807) is 0 Å². The van der Waals surface area contributed by atoms with Crippen LogP contribution in [-0.4, -0.2) is 31.0 Å². The van der Waals surface area contributed by atoms with Crippen LogP contribution in [0.5, 0.6) is 0 Å². The molecule has 2 aromatic carbocycles. The third-order valence-electron chi connectivity index (χ3n) is 5.43. The van der Waals surface area contributed by atoms with Crippen molar-refractivity contribution in [1.82, 2.24) is 5.32 Å². The maximum atomic E-state index is 12.2. The molecule has 0 spiro atoms. The first-order valence-corrected chi connectivity index (χ1v) is 10.3. The molecule has 5 nitrogen and oxygen atoms in total. The van der Waals surface area contributed by atoms with E-state index in [1.807, 2.05) is 88.4 Å². The van der Waals surface area contributed by atoms with Crippen molar-refractivity contribution in [2.75, 3.05) is 6.54 Å². The summed E-state index contributed by atoms with van der Waals surface area (Å²) >= 11 is 5.99. The number of amides is 1. The van der Waals surface area contributed by atoms with Crippen LogP contribution in [0.15, 0.2) is 60.1 Å². The Labute approximate surface area is 183 Å². The van der Waals surface area contributed by atoms with Crippen LogP contribution < -0.4 is 5.32 Å². The molecule has 0 saturated carbocycles. The molecule has 0 radical (unpaired) electrons. The SMILES string of the molecule is CC1(C)OB(C(=Cc2ccc(Cl)cc2)CNC(=O)OCc2ccccc2)OC1(C)C. The van der Waals surface area contributed by atoms with Gasteiger partial charge in [-0.25, -0.2) is 4.79 Å². The predicted octanol–water partition coefficient (Wildman–Crippen LogP) is 5.28. The molecule has 3 rings (SSSR count). The normalized spacial score (nSPS) is 17.6. The van der Waals surface area contributed by atoms with E-state index >= 15 is 0 Å². The number of hydrogen-bond donors (Lipinski definition) is 1. The largest absolute Gasteiger partial charge is 0.492 e. The first-order chi connectivity index (χ1) is 14.2. The Kier molecular flexibility index (Phi) is 6.91. The third-order valence-corrected chi connectivity index (χ3v) is 5.68. The molecule has 2 aromatic rings. The lowest BCUT2D eigenvalue weighted by Gasteiger charge is -2.32. The van der Waals surface area contributed by atoms with E-state index in [0.717, 1.165) is 16.6 Å². The zero-order chi connectivity index (χ0) is 21.8. The molecule has 0 bridgehead atoms. The van der Waals surface area contributed by atoms with Gasteiger partial charge in [0.25, 0.3) is 0 Å². The average molecular weight is 428 g/mol. The summed E-state index contributed by atoms with van der Waals surface area (Å²) in [5.41, 5.74) is 1.68. The van der Waals surface area contributed by atoms with Crippen molar-refractivity contribution in [2.24, 2.45) is 0 Å². The third kappa shape index (κ3) is 5.66. The zero-order valence-corrected chi connectivity index (χ0v) is 18.5. The van der Waals surface area contributed by atoms with Gasteiger partial charge in [0.1, 0.15) is 6.61 Å². The molecule has 1 saturated heterocycles. The standard InChI is InChI=1S/C23H27BClNO4/c1-22(2)23(3,4)30-24(29-22)19(14-17-10-12-20(25)13-11-17)15-26-21(27)28-16-18-8-6-5-7-9-18/h5-14H,15-16H2,1-4H3,(H,26,27). The molecule has 0 aliphatic carbocycles. The minimum atomic E-state index is -0.583. The first kappa shape index (κ1) is 22.4. The summed E-state index contributed by atoms with van der Waals surface area (Å²) in [5.74, 6) is 0. The van der Waals surface area contributed by atoms with Gasteiger partial charge in [0.15, 0.2) is 0 Å². The summed E-state index contributed by atoms with van der Waals surface area (Å²) in [7, 11) is -0.583. The van der Waals surface area contributed by atoms with E-state index in [0.29, 0.717) is 5.02 Å². The highest BCUT2D eigenvalue weighted by Gasteiger charge is 2.52. The maximum absolute atomic E-state index is 12.2. The summed E-state index contributed by atoms with van der Waals surface area (Å²) in [6.45, 7) is 8.42. The van der Waals surface area contributed by atoms with Gasteiger partial charge in [-0.1, -0.05) is 60.1 Å². The highest BCUT2D eigenvalue weighted by atomic mass is 35.5. The molecule has 1 aliphatic heterocycles. The van der Waals surface area contributed by atoms with Crippen molar-refractivity contribution in [3.05, 3.63) is 76.2 Å². The lowest BCUT2D eigenvalue weighted by molar-refractivity contribution is 0.00578. The fraction of sp³-hybridized carbons (Fsp3) is 0.348. The lowest BCUT2D eigenvalue weighted by atomic mass is 9.77. The van der Waals surface area contributed by atoms with Crippen LogP contribution in [0.4, 0.5) is 4.79 Å². The second-order valence-electron chi connectivity index (χ2n) is 8.27. The molecule has 7 heteroatoms. The molecule has 1 amide bonds. The quantitative estimate of drug-likeness (QED) is 0.637. The first-order valence-electron chi connectivity index (χ1n) is 9.92. The fourth-order valence-electron chi connectivity index (χ4n) is 2.92. The lowest BCUT2D eigenvalue weighted by Crippen LogP contribution is -2.41. The van der Waals surface area contributed by atoms with Gasteiger partial charge < -0.3 is 19.4 Å². The van der Waals surface area contributed by atoms with Crippen LogP contribution in [0, 0.1) is 0 Å². The molecule has 30 heavy (non-hydrogen) atoms. The van der Waals surface area contributed by atoms with Crippen LogP contribution in [-0.2, 0) is 20.7 Å². The smallest absolute Gasteiger partial charge is 0.445 e. The Morgan fingerprint density at radius 1 is 1.03 bits per heavy atom. The van der Waals surface area contributed by atoms with E-state index in [-0.39, 0.29) is 13.2 Å². The summed E-state index contributed by atoms with van der Waals surface area (Å²) in [5, 5.41) is 3.46. The van der Waals surface area contributed by atoms with Crippen LogP contribution in [0.1, 0.15) is 38.8 Å². The van der Waals surface area contributed by atoms with Gasteiger partial charge in [0.2, 0.25) is 0 Å². The molecule has 0 unspecified atom stereocenters. The van der Waals surface area contributed by atoms with Gasteiger partial charge in [0.05, 0.1) is 11.2 Å². The second-order valence-corrected chi connectivity index (χ2v) is 8.71. The molecule has 1 heterocycles. The number of carbonyl (C=O) groups excluding carboxylic acids is 1. The number of nitrogens with one attached hydrogen (secondary N) is 1. The zero-order valence-electron chi connectivity index (χ0n) is 17.8. The van der Waals surface area contributed by atoms with Crippen molar-refractivity contribution in [1.29, 1.82) is 0 Å². The van der Waals surface area contributed by atoms with Crippen LogP contribution in [0.25, 0.3) is 6.08 Å². The minimum absolute atomic E-state index is 0.208. The molecule has 1 fully saturated rings. The maximum Gasteiger partial charge on any atom is 0.492 e. The van der Waals surface area contributed by atoms with Crippen LogP contribution >= 0.6 is 11.6 Å². The molecule has 158 valence electrons. The summed E-state index contributed by atoms with van der Waals surface area (Å²) in [4.78, 5) is 12.2. The van der Waals surface area contributed by atoms with Crippen molar-refractivity contribution in [3.63, 3.8) is 0 Å². The second kappa shape index (κ2) is 9.25. The number of ether oxygens (including phenoxy) is 1. The minimum Gasteiger partial charge on any atom is -0.445 e. The molecule has 1 N–H and O–H groups in total. The van der Waals surface area contributed by atoms with Crippen molar-refractivity contribution in [3.8, 4) is 0 Å². The Hall–Kier alpha value is -2.28. The number of carbonyl (C=O) groups is 1. The Balaban J connectivity index is 1.70. The van der Waals surface area contributed by atoms with Gasteiger partial charge in [-0.15, -0.1) is 0 Å². The van der Waals surface area contributed by atoms with Gasteiger partial charge in [0, 0.05) is 11.6 Å². The van der Waals surface area contributed by atoms with Gasteiger partial charge in [-0.2, -0.15) is 0 Å². The van der Waals surface area contributed by atoms with Gasteiger partial charge in [-0.3, -0.25) is 0 Å². The number of rotatable bonds is 6. The monoisotopic (exact) mass is 427 g/mol. The van der Waals surface area contributed by atoms with Crippen molar-refractivity contribution in [2.45, 2.75) is 45.5 Å². The summed E-state index contributed by atoms with van der Waals surface area (Å²) in [6, 6.07) is 17.0. The molecular formula is C23H27BClNO4. The van der Waals surface area contributed by atoms with E-state index in [2.05, 4.69) is 5.32 Å². The predicted molar refractivity (Wildman–Crippen MR) is 120 cm³/mol. The topological polar surface area (TPSA) is 56.8 Å². The number of benzene rings is 2. The summed E-state index contributed by atoms with van der Waals surface area (Å²) in [6.07, 6.45) is 1.44. The van der Waals surface area contributed by atoms with E-state index < -0.39 is 24.4 Å². The molecular weight excluding hydrogens is 401 g/mol. The van der Waals surface area contributed by atoms with Crippen LogP contribution in [0.3, 0.4) is 0 Å². The van der Waals surface area contributed by atoms with Crippen molar-refractivity contribution >= 4 is 30.9 Å². The van der Waals surface area contributed by atoms with E-state index in [4.69, 9.17) is 25.6 Å². The Bertz CT molecular complexity index is 881. The number of halogens is 1. The van der Waals surface area contributed by atoms with Crippen LogP contribution in [0.2, 0.25) is 5.02 Å². The number of hydrogen-bond acceptors (Lipinski definition) is 4. The molecule has 1 aliphatic rings. The fourth-order valence-corrected chi connectivity index (χ4v) is 3.04. The number of alkyl carbamates (subject to hydrolysis) is 1. The molecule has 0 aromatic heterocycles. The Morgan fingerprint density at radius 3 is 2.23 bits per heavy atom. The molecule has 0 atom stereocenters. The van der Waals surface area contributed by atoms with Crippen molar-refractivity contribution < 1.29 is 18.8 Å². The average Bonchev–Trinajstić information content (AvgIpc) is 2.93. The highest BCUT2D eigenvalue weighted by Crippen LogP contribution is 2.38.